The fourth-order valence-corrected chi connectivity index (χ4v) is 3.36. The van der Waals surface area contributed by atoms with Gasteiger partial charge in [0.1, 0.15) is 0 Å². The van der Waals surface area contributed by atoms with E-state index in [1.807, 2.05) is 37.3 Å². The van der Waals surface area contributed by atoms with Crippen molar-refractivity contribution in [3.05, 3.63) is 81.6 Å². The largest absolute Gasteiger partial charge is 0.270 e. The highest BCUT2D eigenvalue weighted by molar-refractivity contribution is 6.30. The lowest BCUT2D eigenvalue weighted by atomic mass is 10.0. The van der Waals surface area contributed by atoms with Crippen LogP contribution in [-0.4, -0.2) is 19.5 Å². The highest BCUT2D eigenvalue weighted by Crippen LogP contribution is 2.32. The van der Waals surface area contributed by atoms with Crippen molar-refractivity contribution in [2.45, 2.75) is 13.3 Å². The van der Waals surface area contributed by atoms with Crippen LogP contribution >= 0.6 is 11.6 Å². The number of nitrogens with zero attached hydrogens (tertiary/aromatic N) is 4. The molecular formula is C20H15ClN4O2. The normalized spacial score (nSPS) is 11.0. The summed E-state index contributed by atoms with van der Waals surface area (Å²) in [6.45, 7) is 2.03. The SMILES string of the molecule is CCc1nn2c(-c3cccc([N+](=O)[O-])c3)ccnc2c1-c1cccc(Cl)c1. The lowest BCUT2D eigenvalue weighted by molar-refractivity contribution is -0.384. The molecule has 4 aromatic rings. The van der Waals surface area contributed by atoms with E-state index < -0.39 is 4.92 Å². The van der Waals surface area contributed by atoms with Crippen LogP contribution in [0.4, 0.5) is 5.69 Å². The average molecular weight is 379 g/mol. The first-order valence-corrected chi connectivity index (χ1v) is 8.83. The molecule has 0 aliphatic carbocycles. The molecule has 7 heteroatoms. The number of benzene rings is 2. The molecule has 0 amide bonds. The number of fused-ring (bicyclic) bond motifs is 1. The van der Waals surface area contributed by atoms with Gasteiger partial charge in [0, 0.05) is 34.5 Å². The Labute approximate surface area is 160 Å². The molecular weight excluding hydrogens is 364 g/mol. The van der Waals surface area contributed by atoms with E-state index in [4.69, 9.17) is 16.7 Å². The van der Waals surface area contributed by atoms with E-state index in [1.165, 1.54) is 6.07 Å². The van der Waals surface area contributed by atoms with E-state index in [9.17, 15) is 10.1 Å². The van der Waals surface area contributed by atoms with E-state index in [0.29, 0.717) is 16.2 Å². The average Bonchev–Trinajstić information content (AvgIpc) is 3.06. The molecule has 0 bridgehead atoms. The van der Waals surface area contributed by atoms with Crippen LogP contribution in [0.15, 0.2) is 60.8 Å². The predicted molar refractivity (Wildman–Crippen MR) is 105 cm³/mol. The van der Waals surface area contributed by atoms with Crippen LogP contribution in [0.1, 0.15) is 12.6 Å². The van der Waals surface area contributed by atoms with E-state index in [0.717, 1.165) is 28.9 Å². The third-order valence-corrected chi connectivity index (χ3v) is 4.63. The summed E-state index contributed by atoms with van der Waals surface area (Å²) in [5, 5.41) is 16.5. The molecule has 0 spiro atoms. The van der Waals surface area contributed by atoms with Crippen molar-refractivity contribution in [3.8, 4) is 22.4 Å². The van der Waals surface area contributed by atoms with Gasteiger partial charge in [-0.15, -0.1) is 0 Å². The molecule has 0 unspecified atom stereocenters. The third kappa shape index (κ3) is 3.04. The van der Waals surface area contributed by atoms with Crippen molar-refractivity contribution < 1.29 is 4.92 Å². The number of rotatable bonds is 4. The summed E-state index contributed by atoms with van der Waals surface area (Å²) in [5.41, 5.74) is 4.94. The highest BCUT2D eigenvalue weighted by atomic mass is 35.5. The number of nitro benzene ring substituents is 1. The van der Waals surface area contributed by atoms with E-state index in [2.05, 4.69) is 4.98 Å². The topological polar surface area (TPSA) is 73.3 Å². The van der Waals surface area contributed by atoms with Gasteiger partial charge in [0.15, 0.2) is 5.65 Å². The van der Waals surface area contributed by atoms with Crippen LogP contribution in [0.3, 0.4) is 0 Å². The number of hydrogen-bond donors (Lipinski definition) is 0. The fraction of sp³-hybridized carbons (Fsp3) is 0.100. The molecule has 0 radical (unpaired) electrons. The summed E-state index contributed by atoms with van der Waals surface area (Å²) in [4.78, 5) is 15.2. The molecule has 2 heterocycles. The minimum atomic E-state index is -0.403. The fourth-order valence-electron chi connectivity index (χ4n) is 3.17. The van der Waals surface area contributed by atoms with Crippen LogP contribution in [0, 0.1) is 10.1 Å². The molecule has 134 valence electrons. The van der Waals surface area contributed by atoms with E-state index >= 15 is 0 Å². The summed E-state index contributed by atoms with van der Waals surface area (Å²) < 4.78 is 1.74. The number of aromatic nitrogens is 3. The number of hydrogen-bond acceptors (Lipinski definition) is 4. The molecule has 6 nitrogen and oxygen atoms in total. The Morgan fingerprint density at radius 1 is 1.11 bits per heavy atom. The molecule has 0 atom stereocenters. The first-order chi connectivity index (χ1) is 13.1. The van der Waals surface area contributed by atoms with E-state index in [-0.39, 0.29) is 5.69 Å². The highest BCUT2D eigenvalue weighted by Gasteiger charge is 2.18. The van der Waals surface area contributed by atoms with Gasteiger partial charge in [-0.1, -0.05) is 42.8 Å². The molecule has 0 saturated carbocycles. The Balaban J connectivity index is 1.98. The van der Waals surface area contributed by atoms with Crippen molar-refractivity contribution in [2.75, 3.05) is 0 Å². The van der Waals surface area contributed by atoms with Crippen molar-refractivity contribution in [1.82, 2.24) is 14.6 Å². The second-order valence-electron chi connectivity index (χ2n) is 6.06. The summed E-state index contributed by atoms with van der Waals surface area (Å²) in [6.07, 6.45) is 2.41. The van der Waals surface area contributed by atoms with E-state index in [1.54, 1.807) is 28.9 Å². The summed E-state index contributed by atoms with van der Waals surface area (Å²) in [6, 6.07) is 15.9. The monoisotopic (exact) mass is 378 g/mol. The zero-order chi connectivity index (χ0) is 19.0. The Hall–Kier alpha value is -3.25. The smallest absolute Gasteiger partial charge is 0.258 e. The van der Waals surface area contributed by atoms with Crippen molar-refractivity contribution in [2.24, 2.45) is 0 Å². The summed E-state index contributed by atoms with van der Waals surface area (Å²) in [7, 11) is 0. The van der Waals surface area contributed by atoms with Gasteiger partial charge in [-0.25, -0.2) is 9.50 Å². The number of aryl methyl sites for hydroxylation is 1. The van der Waals surface area contributed by atoms with Crippen LogP contribution in [0.25, 0.3) is 28.0 Å². The molecule has 27 heavy (non-hydrogen) atoms. The second kappa shape index (κ2) is 6.81. The van der Waals surface area contributed by atoms with Gasteiger partial charge in [-0.05, 0) is 30.2 Å². The predicted octanol–water partition coefficient (Wildman–Crippen LogP) is 5.19. The van der Waals surface area contributed by atoms with Crippen LogP contribution in [-0.2, 0) is 6.42 Å². The lowest BCUT2D eigenvalue weighted by Crippen LogP contribution is -1.97. The van der Waals surface area contributed by atoms with Crippen molar-refractivity contribution in [3.63, 3.8) is 0 Å². The maximum atomic E-state index is 11.1. The van der Waals surface area contributed by atoms with Gasteiger partial charge in [-0.3, -0.25) is 10.1 Å². The summed E-state index contributed by atoms with van der Waals surface area (Å²) >= 11 is 6.17. The molecule has 0 aliphatic heterocycles. The van der Waals surface area contributed by atoms with Crippen LogP contribution < -0.4 is 0 Å². The molecule has 4 rings (SSSR count). The van der Waals surface area contributed by atoms with Crippen LogP contribution in [0.5, 0.6) is 0 Å². The van der Waals surface area contributed by atoms with Gasteiger partial charge >= 0.3 is 0 Å². The Morgan fingerprint density at radius 2 is 1.89 bits per heavy atom. The molecule has 2 aromatic heterocycles. The number of nitro groups is 1. The quantitative estimate of drug-likeness (QED) is 0.362. The molecule has 0 N–H and O–H groups in total. The Bertz CT molecular complexity index is 1170. The zero-order valence-electron chi connectivity index (χ0n) is 14.5. The van der Waals surface area contributed by atoms with Gasteiger partial charge in [0.05, 0.1) is 16.3 Å². The minimum absolute atomic E-state index is 0.0374. The second-order valence-corrected chi connectivity index (χ2v) is 6.49. The summed E-state index contributed by atoms with van der Waals surface area (Å²) in [5.74, 6) is 0. The third-order valence-electron chi connectivity index (χ3n) is 4.39. The van der Waals surface area contributed by atoms with Crippen molar-refractivity contribution in [1.29, 1.82) is 0 Å². The Morgan fingerprint density at radius 3 is 2.63 bits per heavy atom. The standard InChI is InChI=1S/C20H15ClN4O2/c1-2-17-19(14-6-3-7-15(21)11-14)20-22-10-9-18(24(20)23-17)13-5-4-8-16(12-13)25(26)27/h3-12H,2H2,1H3. The first-order valence-electron chi connectivity index (χ1n) is 8.46. The van der Waals surface area contributed by atoms with Gasteiger partial charge in [0.25, 0.3) is 5.69 Å². The maximum Gasteiger partial charge on any atom is 0.270 e. The maximum absolute atomic E-state index is 11.1. The minimum Gasteiger partial charge on any atom is -0.258 e. The number of non-ortho nitro benzene ring substituents is 1. The van der Waals surface area contributed by atoms with Crippen LogP contribution in [0.2, 0.25) is 5.02 Å². The number of halogens is 1. The van der Waals surface area contributed by atoms with Crippen molar-refractivity contribution >= 4 is 22.9 Å². The van der Waals surface area contributed by atoms with Gasteiger partial charge in [-0.2, -0.15) is 5.10 Å². The molecule has 0 fully saturated rings. The lowest BCUT2D eigenvalue weighted by Gasteiger charge is -2.05. The van der Waals surface area contributed by atoms with Gasteiger partial charge in [0.2, 0.25) is 0 Å². The first kappa shape index (κ1) is 17.2. The molecule has 0 aliphatic rings. The zero-order valence-corrected chi connectivity index (χ0v) is 15.2. The van der Waals surface area contributed by atoms with Gasteiger partial charge < -0.3 is 0 Å². The molecule has 0 saturated heterocycles. The molecule has 2 aromatic carbocycles. The Kier molecular flexibility index (Phi) is 4.33.